The Hall–Kier alpha value is -0.810. The molecule has 1 aliphatic carbocycles. The van der Waals surface area contributed by atoms with E-state index in [1.54, 1.807) is 6.92 Å². The Kier molecular flexibility index (Phi) is 5.88. The van der Waals surface area contributed by atoms with E-state index in [1.165, 1.54) is 6.42 Å². The van der Waals surface area contributed by atoms with E-state index in [9.17, 15) is 9.90 Å². The maximum Gasteiger partial charge on any atom is 0.318 e. The lowest BCUT2D eigenvalue weighted by molar-refractivity contribution is -0.00529. The molecule has 0 radical (unpaired) electrons. The van der Waals surface area contributed by atoms with Gasteiger partial charge in [0.05, 0.1) is 25.4 Å². The molecule has 0 spiro atoms. The van der Waals surface area contributed by atoms with Crippen LogP contribution in [0.5, 0.6) is 0 Å². The molecule has 5 nitrogen and oxygen atoms in total. The molecule has 2 N–H and O–H groups in total. The predicted molar refractivity (Wildman–Crippen MR) is 82.1 cm³/mol. The standard InChI is InChI=1S/C16H30N2O3/c1-11-4-5-14(8-12(11)2)17-16(20)18-6-7-21-10-15(18)9-13(3)19/h11-15,19H,4-10H2,1-3H3,(H,17,20)/t11-,12-,13-,14+,15+/m0/s1. The lowest BCUT2D eigenvalue weighted by Gasteiger charge is -2.39. The summed E-state index contributed by atoms with van der Waals surface area (Å²) in [5.41, 5.74) is 0. The number of hydrogen-bond acceptors (Lipinski definition) is 3. The summed E-state index contributed by atoms with van der Waals surface area (Å²) in [5, 5.41) is 12.8. The molecule has 2 fully saturated rings. The number of nitrogens with one attached hydrogen (secondary N) is 1. The van der Waals surface area contributed by atoms with Gasteiger partial charge in [0, 0.05) is 12.6 Å². The first-order valence-electron chi connectivity index (χ1n) is 8.30. The van der Waals surface area contributed by atoms with Crippen molar-refractivity contribution in [2.45, 2.75) is 64.6 Å². The minimum absolute atomic E-state index is 0.00991. The number of aliphatic hydroxyl groups is 1. The number of hydrogen-bond donors (Lipinski definition) is 2. The Labute approximate surface area is 128 Å². The van der Waals surface area contributed by atoms with E-state index in [2.05, 4.69) is 19.2 Å². The third kappa shape index (κ3) is 4.58. The number of urea groups is 1. The lowest BCUT2D eigenvalue weighted by Crippen LogP contribution is -2.55. The fourth-order valence-corrected chi connectivity index (χ4v) is 3.45. The van der Waals surface area contributed by atoms with Gasteiger partial charge in [0.25, 0.3) is 0 Å². The van der Waals surface area contributed by atoms with Gasteiger partial charge in [0.1, 0.15) is 0 Å². The summed E-state index contributed by atoms with van der Waals surface area (Å²) in [7, 11) is 0. The zero-order valence-electron chi connectivity index (χ0n) is 13.5. The van der Waals surface area contributed by atoms with Crippen LogP contribution in [0.15, 0.2) is 0 Å². The smallest absolute Gasteiger partial charge is 0.318 e. The van der Waals surface area contributed by atoms with Crippen molar-refractivity contribution in [2.75, 3.05) is 19.8 Å². The minimum Gasteiger partial charge on any atom is -0.393 e. The zero-order valence-corrected chi connectivity index (χ0v) is 13.5. The summed E-state index contributed by atoms with van der Waals surface area (Å²) in [4.78, 5) is 14.4. The van der Waals surface area contributed by atoms with Gasteiger partial charge in [-0.2, -0.15) is 0 Å². The molecule has 1 saturated carbocycles. The number of aliphatic hydroxyl groups excluding tert-OH is 1. The molecule has 0 unspecified atom stereocenters. The molecule has 0 aromatic heterocycles. The first-order valence-corrected chi connectivity index (χ1v) is 8.30. The number of nitrogens with zero attached hydrogens (tertiary/aromatic N) is 1. The third-order valence-corrected chi connectivity index (χ3v) is 5.03. The quantitative estimate of drug-likeness (QED) is 0.837. The minimum atomic E-state index is -0.414. The first kappa shape index (κ1) is 16.6. The van der Waals surface area contributed by atoms with Crippen LogP contribution >= 0.6 is 0 Å². The molecule has 5 atom stereocenters. The number of carbonyl (C=O) groups is 1. The molecule has 2 rings (SSSR count). The van der Waals surface area contributed by atoms with Gasteiger partial charge in [-0.3, -0.25) is 0 Å². The Morgan fingerprint density at radius 1 is 1.38 bits per heavy atom. The number of morpholine rings is 1. The van der Waals surface area contributed by atoms with Gasteiger partial charge in [0.2, 0.25) is 0 Å². The molecule has 2 aliphatic rings. The molecule has 0 bridgehead atoms. The van der Waals surface area contributed by atoms with E-state index in [1.807, 2.05) is 4.90 Å². The monoisotopic (exact) mass is 298 g/mol. The van der Waals surface area contributed by atoms with Crippen molar-refractivity contribution in [1.82, 2.24) is 10.2 Å². The molecule has 1 aliphatic heterocycles. The predicted octanol–water partition coefficient (Wildman–Crippen LogP) is 1.99. The first-order chi connectivity index (χ1) is 9.97. The van der Waals surface area contributed by atoms with Crippen molar-refractivity contribution in [3.63, 3.8) is 0 Å². The highest BCUT2D eigenvalue weighted by Gasteiger charge is 2.31. The number of amides is 2. The van der Waals surface area contributed by atoms with Crippen LogP contribution in [0.2, 0.25) is 0 Å². The molecule has 2 amide bonds. The fourth-order valence-electron chi connectivity index (χ4n) is 3.45. The topological polar surface area (TPSA) is 61.8 Å². The van der Waals surface area contributed by atoms with Crippen LogP contribution in [0.4, 0.5) is 4.79 Å². The van der Waals surface area contributed by atoms with Crippen LogP contribution in [-0.4, -0.2) is 54.0 Å². The highest BCUT2D eigenvalue weighted by Crippen LogP contribution is 2.29. The average Bonchev–Trinajstić information content (AvgIpc) is 2.43. The van der Waals surface area contributed by atoms with Crippen LogP contribution in [0, 0.1) is 11.8 Å². The van der Waals surface area contributed by atoms with Crippen molar-refractivity contribution in [3.05, 3.63) is 0 Å². The summed E-state index contributed by atoms with van der Waals surface area (Å²) in [6, 6.07) is 0.285. The number of ether oxygens (including phenoxy) is 1. The van der Waals surface area contributed by atoms with Gasteiger partial charge in [-0.1, -0.05) is 13.8 Å². The SMILES string of the molecule is C[C@H](O)C[C@@H]1COCCN1C(=O)N[C@@H]1CC[C@H](C)[C@@H](C)C1. The van der Waals surface area contributed by atoms with E-state index in [4.69, 9.17) is 4.74 Å². The van der Waals surface area contributed by atoms with Crippen molar-refractivity contribution in [3.8, 4) is 0 Å². The molecule has 5 heteroatoms. The zero-order chi connectivity index (χ0) is 15.4. The largest absolute Gasteiger partial charge is 0.393 e. The Morgan fingerprint density at radius 2 is 2.14 bits per heavy atom. The van der Waals surface area contributed by atoms with E-state index < -0.39 is 6.10 Å². The second kappa shape index (κ2) is 7.45. The summed E-state index contributed by atoms with van der Waals surface area (Å²) < 4.78 is 5.45. The normalized spacial score (nSPS) is 35.3. The third-order valence-electron chi connectivity index (χ3n) is 5.03. The van der Waals surface area contributed by atoms with E-state index >= 15 is 0 Å². The average molecular weight is 298 g/mol. The second-order valence-corrected chi connectivity index (χ2v) is 6.92. The van der Waals surface area contributed by atoms with Crippen molar-refractivity contribution >= 4 is 6.03 Å². The molecular weight excluding hydrogens is 268 g/mol. The summed E-state index contributed by atoms with van der Waals surface area (Å²) >= 11 is 0. The van der Waals surface area contributed by atoms with Crippen molar-refractivity contribution in [1.29, 1.82) is 0 Å². The molecule has 1 saturated heterocycles. The molecule has 0 aromatic carbocycles. The van der Waals surface area contributed by atoms with Crippen LogP contribution in [0.25, 0.3) is 0 Å². The molecular formula is C16H30N2O3. The molecule has 0 aromatic rings. The van der Waals surface area contributed by atoms with Gasteiger partial charge >= 0.3 is 6.03 Å². The summed E-state index contributed by atoms with van der Waals surface area (Å²) in [6.07, 6.45) is 3.49. The fraction of sp³-hybridized carbons (Fsp3) is 0.938. The summed E-state index contributed by atoms with van der Waals surface area (Å²) in [5.74, 6) is 1.42. The van der Waals surface area contributed by atoms with Gasteiger partial charge in [-0.15, -0.1) is 0 Å². The second-order valence-electron chi connectivity index (χ2n) is 6.92. The molecule has 21 heavy (non-hydrogen) atoms. The number of carbonyl (C=O) groups excluding carboxylic acids is 1. The maximum absolute atomic E-state index is 12.5. The van der Waals surface area contributed by atoms with E-state index in [-0.39, 0.29) is 12.1 Å². The van der Waals surface area contributed by atoms with Crippen LogP contribution in [0.3, 0.4) is 0 Å². The maximum atomic E-state index is 12.5. The highest BCUT2D eigenvalue weighted by atomic mass is 16.5. The van der Waals surface area contributed by atoms with Crippen molar-refractivity contribution < 1.29 is 14.6 Å². The van der Waals surface area contributed by atoms with Crippen molar-refractivity contribution in [2.24, 2.45) is 11.8 Å². The van der Waals surface area contributed by atoms with E-state index in [0.29, 0.717) is 38.1 Å². The van der Waals surface area contributed by atoms with E-state index in [0.717, 1.165) is 18.8 Å². The molecule has 1 heterocycles. The van der Waals surface area contributed by atoms with Crippen LogP contribution < -0.4 is 5.32 Å². The van der Waals surface area contributed by atoms with Gasteiger partial charge in [-0.05, 0) is 44.4 Å². The van der Waals surface area contributed by atoms with Gasteiger partial charge < -0.3 is 20.1 Å². The van der Waals surface area contributed by atoms with Crippen LogP contribution in [-0.2, 0) is 4.74 Å². The van der Waals surface area contributed by atoms with Gasteiger partial charge in [0.15, 0.2) is 0 Å². The lowest BCUT2D eigenvalue weighted by atomic mass is 9.79. The summed E-state index contributed by atoms with van der Waals surface area (Å²) in [6.45, 7) is 8.05. The number of rotatable bonds is 3. The Morgan fingerprint density at radius 3 is 2.81 bits per heavy atom. The van der Waals surface area contributed by atoms with Crippen LogP contribution in [0.1, 0.15) is 46.5 Å². The Balaban J connectivity index is 1.88. The Bertz CT molecular complexity index is 348. The highest BCUT2D eigenvalue weighted by molar-refractivity contribution is 5.75. The molecule has 122 valence electrons. The van der Waals surface area contributed by atoms with Gasteiger partial charge in [-0.25, -0.2) is 4.79 Å².